The monoisotopic (exact) mass is 618 g/mol. The van der Waals surface area contributed by atoms with Crippen LogP contribution in [0.4, 0.5) is 0 Å². The van der Waals surface area contributed by atoms with E-state index in [2.05, 4.69) is 129 Å². The molecule has 0 amide bonds. The van der Waals surface area contributed by atoms with Crippen molar-refractivity contribution in [3.8, 4) is 66.8 Å². The molecule has 0 unspecified atom stereocenters. The summed E-state index contributed by atoms with van der Waals surface area (Å²) in [6.45, 7) is 0. The highest BCUT2D eigenvalue weighted by Crippen LogP contribution is 2.58. The molecule has 5 aromatic carbocycles. The highest BCUT2D eigenvalue weighted by atomic mass is 14.8. The van der Waals surface area contributed by atoms with Gasteiger partial charge in [-0.15, -0.1) is 0 Å². The summed E-state index contributed by atoms with van der Waals surface area (Å²) >= 11 is 0. The van der Waals surface area contributed by atoms with Crippen molar-refractivity contribution in [2.75, 3.05) is 0 Å². The van der Waals surface area contributed by atoms with Crippen LogP contribution < -0.4 is 0 Å². The highest BCUT2D eigenvalue weighted by Gasteiger charge is 2.44. The van der Waals surface area contributed by atoms with Gasteiger partial charge in [0.1, 0.15) is 12.7 Å². The fraction of sp³-hybridized carbons (Fsp3) is 0.136. The first-order valence-electron chi connectivity index (χ1n) is 16.9. The molecule has 2 aromatic heterocycles. The second-order valence-corrected chi connectivity index (χ2v) is 13.1. The van der Waals surface area contributed by atoms with Crippen LogP contribution in [0.3, 0.4) is 0 Å². The number of rotatable bonds is 5. The summed E-state index contributed by atoms with van der Waals surface area (Å²) in [4.78, 5) is 16.9. The molecule has 1 fully saturated rings. The summed E-state index contributed by atoms with van der Waals surface area (Å²) in [5.74, 6) is 0. The molecule has 0 bridgehead atoms. The number of hydrogen-bond donors (Lipinski definition) is 0. The standard InChI is InChI=1S/C44H34N4/c1-4-19-44(20-5-1)41-9-3-2-7-40(41)43-39(8-6-10-42(43)44)36-22-34(30-11-15-32(16-12-30)37-24-45-28-46-25-37)21-35(23-36)31-13-17-33(18-14-31)38-26-47-29-48-27-38/h2-3,6-18,21-29H,1,4-5,19-20H2. The third kappa shape index (κ3) is 4.84. The number of aromatic nitrogens is 4. The third-order valence-corrected chi connectivity index (χ3v) is 10.5. The van der Waals surface area contributed by atoms with Crippen molar-refractivity contribution in [3.05, 3.63) is 158 Å². The molecule has 0 N–H and O–H groups in total. The Morgan fingerprint density at radius 3 is 1.40 bits per heavy atom. The van der Waals surface area contributed by atoms with Crippen LogP contribution >= 0.6 is 0 Å². The smallest absolute Gasteiger partial charge is 0.115 e. The molecule has 2 heterocycles. The van der Waals surface area contributed by atoms with Gasteiger partial charge in [0.2, 0.25) is 0 Å². The second-order valence-electron chi connectivity index (χ2n) is 13.1. The fourth-order valence-electron chi connectivity index (χ4n) is 8.16. The lowest BCUT2D eigenvalue weighted by molar-refractivity contribution is 0.353. The van der Waals surface area contributed by atoms with Gasteiger partial charge in [0.05, 0.1) is 0 Å². The van der Waals surface area contributed by atoms with Crippen LogP contribution in [0.5, 0.6) is 0 Å². The van der Waals surface area contributed by atoms with Crippen LogP contribution in [0, 0.1) is 0 Å². The largest absolute Gasteiger partial charge is 0.244 e. The maximum absolute atomic E-state index is 4.22. The SMILES string of the molecule is c1ccc2c(c1)-c1c(-c3cc(-c4ccc(-c5cncnc5)cc4)cc(-c4ccc(-c5cncnc5)cc4)c3)cccc1C21CCCCC1. The van der Waals surface area contributed by atoms with E-state index in [4.69, 9.17) is 0 Å². The zero-order chi connectivity index (χ0) is 31.9. The van der Waals surface area contributed by atoms with Gasteiger partial charge in [0.25, 0.3) is 0 Å². The number of nitrogens with zero attached hydrogens (tertiary/aromatic N) is 4. The van der Waals surface area contributed by atoms with Gasteiger partial charge in [-0.1, -0.05) is 110 Å². The first-order chi connectivity index (χ1) is 23.8. The topological polar surface area (TPSA) is 51.6 Å². The number of fused-ring (bicyclic) bond motifs is 5. The van der Waals surface area contributed by atoms with Crippen molar-refractivity contribution in [2.45, 2.75) is 37.5 Å². The Bertz CT molecular complexity index is 2130. The van der Waals surface area contributed by atoms with E-state index in [9.17, 15) is 0 Å². The lowest BCUT2D eigenvalue weighted by atomic mass is 9.68. The Morgan fingerprint density at radius 2 is 0.833 bits per heavy atom. The van der Waals surface area contributed by atoms with Gasteiger partial charge in [-0.25, -0.2) is 19.9 Å². The molecule has 1 spiro atoms. The summed E-state index contributed by atoms with van der Waals surface area (Å²) in [6, 6.07) is 40.8. The van der Waals surface area contributed by atoms with E-state index < -0.39 is 0 Å². The van der Waals surface area contributed by atoms with Crippen molar-refractivity contribution < 1.29 is 0 Å². The first kappa shape index (κ1) is 28.5. The van der Waals surface area contributed by atoms with E-state index in [1.54, 1.807) is 12.7 Å². The third-order valence-electron chi connectivity index (χ3n) is 10.5. The lowest BCUT2D eigenvalue weighted by Crippen LogP contribution is -2.27. The summed E-state index contributed by atoms with van der Waals surface area (Å²) in [7, 11) is 0. The van der Waals surface area contributed by atoms with Gasteiger partial charge in [-0.2, -0.15) is 0 Å². The zero-order valence-corrected chi connectivity index (χ0v) is 26.7. The van der Waals surface area contributed by atoms with E-state index >= 15 is 0 Å². The van der Waals surface area contributed by atoms with Gasteiger partial charge in [0.15, 0.2) is 0 Å². The normalized spacial score (nSPS) is 14.4. The average molecular weight is 619 g/mol. The van der Waals surface area contributed by atoms with Crippen molar-refractivity contribution in [1.82, 2.24) is 19.9 Å². The minimum atomic E-state index is 0.120. The molecule has 2 aliphatic rings. The van der Waals surface area contributed by atoms with Crippen molar-refractivity contribution in [1.29, 1.82) is 0 Å². The molecule has 9 rings (SSSR count). The maximum Gasteiger partial charge on any atom is 0.115 e. The molecule has 0 aliphatic heterocycles. The van der Waals surface area contributed by atoms with E-state index in [1.165, 1.54) is 87.7 Å². The highest BCUT2D eigenvalue weighted by molar-refractivity contribution is 5.95. The number of benzene rings is 5. The molecular formula is C44H34N4. The predicted octanol–water partition coefficient (Wildman–Crippen LogP) is 10.8. The van der Waals surface area contributed by atoms with E-state index in [1.807, 2.05) is 24.8 Å². The van der Waals surface area contributed by atoms with Gasteiger partial charge in [0, 0.05) is 41.3 Å². The number of hydrogen-bond acceptors (Lipinski definition) is 4. The Kier molecular flexibility index (Phi) is 7.01. The predicted molar refractivity (Wildman–Crippen MR) is 194 cm³/mol. The Hall–Kier alpha value is -5.74. The van der Waals surface area contributed by atoms with Crippen LogP contribution in [-0.2, 0) is 5.41 Å². The average Bonchev–Trinajstić information content (AvgIpc) is 3.44. The quantitative estimate of drug-likeness (QED) is 0.193. The summed E-state index contributed by atoms with van der Waals surface area (Å²) in [6.07, 6.45) is 16.9. The van der Waals surface area contributed by atoms with Gasteiger partial charge in [-0.05, 0) is 97.8 Å². The fourth-order valence-corrected chi connectivity index (χ4v) is 8.16. The van der Waals surface area contributed by atoms with Crippen LogP contribution in [-0.4, -0.2) is 19.9 Å². The summed E-state index contributed by atoms with van der Waals surface area (Å²) in [5, 5.41) is 0. The van der Waals surface area contributed by atoms with E-state index in [0.717, 1.165) is 22.3 Å². The van der Waals surface area contributed by atoms with Crippen LogP contribution in [0.2, 0.25) is 0 Å². The molecule has 0 saturated heterocycles. The van der Waals surface area contributed by atoms with Gasteiger partial charge in [-0.3, -0.25) is 0 Å². The molecule has 48 heavy (non-hydrogen) atoms. The second kappa shape index (κ2) is 11.8. The molecule has 7 aromatic rings. The molecule has 4 heteroatoms. The summed E-state index contributed by atoms with van der Waals surface area (Å²) in [5.41, 5.74) is 17.5. The molecule has 0 atom stereocenters. The van der Waals surface area contributed by atoms with Gasteiger partial charge < -0.3 is 0 Å². The van der Waals surface area contributed by atoms with Crippen LogP contribution in [0.25, 0.3) is 66.8 Å². The van der Waals surface area contributed by atoms with E-state index in [-0.39, 0.29) is 5.41 Å². The Morgan fingerprint density at radius 1 is 0.375 bits per heavy atom. The Balaban J connectivity index is 1.21. The van der Waals surface area contributed by atoms with Crippen molar-refractivity contribution in [2.24, 2.45) is 0 Å². The molecule has 2 aliphatic carbocycles. The molecule has 230 valence electrons. The Labute approximate surface area is 281 Å². The molecule has 0 radical (unpaired) electrons. The first-order valence-corrected chi connectivity index (χ1v) is 16.9. The molecular weight excluding hydrogens is 585 g/mol. The van der Waals surface area contributed by atoms with E-state index in [0.29, 0.717) is 0 Å². The molecule has 1 saturated carbocycles. The zero-order valence-electron chi connectivity index (χ0n) is 26.7. The van der Waals surface area contributed by atoms with Gasteiger partial charge >= 0.3 is 0 Å². The van der Waals surface area contributed by atoms with Crippen molar-refractivity contribution >= 4 is 0 Å². The lowest BCUT2D eigenvalue weighted by Gasteiger charge is -2.36. The minimum Gasteiger partial charge on any atom is -0.244 e. The van der Waals surface area contributed by atoms with Crippen molar-refractivity contribution in [3.63, 3.8) is 0 Å². The summed E-state index contributed by atoms with van der Waals surface area (Å²) < 4.78 is 0. The van der Waals surface area contributed by atoms with Crippen LogP contribution in [0.15, 0.2) is 147 Å². The molecule has 4 nitrogen and oxygen atoms in total. The van der Waals surface area contributed by atoms with Crippen LogP contribution in [0.1, 0.15) is 43.2 Å². The maximum atomic E-state index is 4.22. The minimum absolute atomic E-state index is 0.120.